The fourth-order valence-electron chi connectivity index (χ4n) is 2.56. The van der Waals surface area contributed by atoms with E-state index in [-0.39, 0.29) is 6.10 Å². The van der Waals surface area contributed by atoms with Crippen molar-refractivity contribution in [1.29, 1.82) is 0 Å². The zero-order valence-corrected chi connectivity index (χ0v) is 11.1. The van der Waals surface area contributed by atoms with Gasteiger partial charge in [0.15, 0.2) is 0 Å². The lowest BCUT2D eigenvalue weighted by atomic mass is 9.80. The number of benzene rings is 1. The van der Waals surface area contributed by atoms with Crippen LogP contribution in [0.15, 0.2) is 42.5 Å². The summed E-state index contributed by atoms with van der Waals surface area (Å²) in [6, 6.07) is 10.3. The molecule has 1 aromatic rings. The lowest BCUT2D eigenvalue weighted by Crippen LogP contribution is -2.37. The van der Waals surface area contributed by atoms with Crippen LogP contribution < -0.4 is 0 Å². The van der Waals surface area contributed by atoms with Gasteiger partial charge in [-0.3, -0.25) is 0 Å². The quantitative estimate of drug-likeness (QED) is 0.558. The second-order valence-electron chi connectivity index (χ2n) is 5.32. The number of terminal acetylenes is 1. The normalized spacial score (nSPS) is 31.6. The van der Waals surface area contributed by atoms with Gasteiger partial charge in [-0.2, -0.15) is 0 Å². The Morgan fingerprint density at radius 3 is 2.67 bits per heavy atom. The van der Waals surface area contributed by atoms with Crippen molar-refractivity contribution in [1.82, 2.24) is 0 Å². The molecular weight excluding hydrogens is 220 g/mol. The highest BCUT2D eigenvalue weighted by Crippen LogP contribution is 2.43. The molecule has 1 aromatic carbocycles. The molecule has 0 unspecified atom stereocenters. The molecule has 0 spiro atoms. The summed E-state index contributed by atoms with van der Waals surface area (Å²) in [5, 5.41) is 0. The summed E-state index contributed by atoms with van der Waals surface area (Å²) in [4.78, 5) is 0. The van der Waals surface area contributed by atoms with E-state index in [1.807, 2.05) is 25.1 Å². The Morgan fingerprint density at radius 2 is 2.11 bits per heavy atom. The van der Waals surface area contributed by atoms with E-state index in [2.05, 4.69) is 31.6 Å². The third-order valence-corrected chi connectivity index (χ3v) is 3.75. The molecule has 0 bridgehead atoms. The zero-order valence-electron chi connectivity index (χ0n) is 11.1. The molecule has 0 aromatic heterocycles. The third-order valence-electron chi connectivity index (χ3n) is 3.75. The first kappa shape index (κ1) is 12.9. The van der Waals surface area contributed by atoms with Crippen molar-refractivity contribution in [2.45, 2.75) is 38.4 Å². The van der Waals surface area contributed by atoms with E-state index in [1.54, 1.807) is 0 Å². The fourth-order valence-corrected chi connectivity index (χ4v) is 2.56. The van der Waals surface area contributed by atoms with Gasteiger partial charge in [-0.25, -0.2) is 0 Å². The standard InChI is InChI=1S/C17H20O/c1-5-17(4)12-11-15(13(2)3)16(18-17)14-9-7-6-8-10-14/h1,6-10,15-16H,2,11-12H2,3-4H3/t15-,16+,17+/m0/s1. The maximum Gasteiger partial charge on any atom is 0.126 e. The smallest absolute Gasteiger partial charge is 0.126 e. The molecule has 18 heavy (non-hydrogen) atoms. The minimum Gasteiger partial charge on any atom is -0.354 e. The first-order valence-electron chi connectivity index (χ1n) is 6.42. The monoisotopic (exact) mass is 240 g/mol. The summed E-state index contributed by atoms with van der Waals surface area (Å²) in [6.07, 6.45) is 7.56. The molecule has 1 heteroatoms. The Bertz CT molecular complexity index is 468. The molecule has 1 nitrogen and oxygen atoms in total. The van der Waals surface area contributed by atoms with Gasteiger partial charge in [-0.1, -0.05) is 48.4 Å². The van der Waals surface area contributed by atoms with E-state index < -0.39 is 5.60 Å². The molecule has 0 radical (unpaired) electrons. The minimum atomic E-state index is -0.452. The molecular formula is C17H20O. The summed E-state index contributed by atoms with van der Waals surface area (Å²) in [6.45, 7) is 8.17. The molecule has 1 saturated heterocycles. The Kier molecular flexibility index (Phi) is 3.59. The van der Waals surface area contributed by atoms with Gasteiger partial charge in [0, 0.05) is 5.92 Å². The SMILES string of the molecule is C#C[C@]1(C)CC[C@@H](C(=C)C)[C@@H](c2ccccc2)O1. The first-order valence-corrected chi connectivity index (χ1v) is 6.42. The van der Waals surface area contributed by atoms with Crippen molar-refractivity contribution in [3.8, 4) is 12.3 Å². The highest BCUT2D eigenvalue weighted by Gasteiger charge is 2.38. The maximum atomic E-state index is 6.19. The average Bonchev–Trinajstić information content (AvgIpc) is 2.39. The van der Waals surface area contributed by atoms with Crippen LogP contribution in [0.3, 0.4) is 0 Å². The zero-order chi connectivity index (χ0) is 13.2. The maximum absolute atomic E-state index is 6.19. The molecule has 3 atom stereocenters. The van der Waals surface area contributed by atoms with Crippen molar-refractivity contribution in [2.24, 2.45) is 5.92 Å². The number of hydrogen-bond donors (Lipinski definition) is 0. The number of hydrogen-bond acceptors (Lipinski definition) is 1. The van der Waals surface area contributed by atoms with Crippen LogP contribution in [-0.4, -0.2) is 5.60 Å². The predicted molar refractivity (Wildman–Crippen MR) is 75.0 cm³/mol. The van der Waals surface area contributed by atoms with Gasteiger partial charge in [-0.05, 0) is 32.3 Å². The van der Waals surface area contributed by atoms with Gasteiger partial charge in [-0.15, -0.1) is 6.42 Å². The van der Waals surface area contributed by atoms with Crippen LogP contribution in [0.5, 0.6) is 0 Å². The van der Waals surface area contributed by atoms with Gasteiger partial charge < -0.3 is 4.74 Å². The van der Waals surface area contributed by atoms with Crippen LogP contribution in [-0.2, 0) is 4.74 Å². The summed E-state index contributed by atoms with van der Waals surface area (Å²) < 4.78 is 6.19. The number of rotatable bonds is 2. The van der Waals surface area contributed by atoms with Crippen molar-refractivity contribution in [2.75, 3.05) is 0 Å². The molecule has 2 rings (SSSR count). The molecule has 94 valence electrons. The second kappa shape index (κ2) is 5.00. The second-order valence-corrected chi connectivity index (χ2v) is 5.32. The molecule has 1 heterocycles. The predicted octanol–water partition coefficient (Wildman–Crippen LogP) is 4.12. The van der Waals surface area contributed by atoms with Crippen LogP contribution >= 0.6 is 0 Å². The van der Waals surface area contributed by atoms with Crippen LogP contribution in [0.1, 0.15) is 38.4 Å². The van der Waals surface area contributed by atoms with Crippen LogP contribution in [0.2, 0.25) is 0 Å². The average molecular weight is 240 g/mol. The van der Waals surface area contributed by atoms with Gasteiger partial charge in [0.2, 0.25) is 0 Å². The van der Waals surface area contributed by atoms with E-state index in [0.29, 0.717) is 5.92 Å². The lowest BCUT2D eigenvalue weighted by Gasteiger charge is -2.41. The summed E-state index contributed by atoms with van der Waals surface area (Å²) in [7, 11) is 0. The van der Waals surface area contributed by atoms with Crippen molar-refractivity contribution in [3.05, 3.63) is 48.0 Å². The molecule has 1 aliphatic rings. The van der Waals surface area contributed by atoms with Crippen LogP contribution in [0.4, 0.5) is 0 Å². The van der Waals surface area contributed by atoms with Crippen molar-refractivity contribution < 1.29 is 4.74 Å². The first-order chi connectivity index (χ1) is 8.56. The summed E-state index contributed by atoms with van der Waals surface area (Å²) >= 11 is 0. The Morgan fingerprint density at radius 1 is 1.44 bits per heavy atom. The van der Waals surface area contributed by atoms with Gasteiger partial charge >= 0.3 is 0 Å². The van der Waals surface area contributed by atoms with E-state index in [0.717, 1.165) is 12.8 Å². The van der Waals surface area contributed by atoms with Gasteiger partial charge in [0.05, 0.1) is 6.10 Å². The van der Waals surface area contributed by atoms with E-state index in [1.165, 1.54) is 11.1 Å². The van der Waals surface area contributed by atoms with Crippen LogP contribution in [0.25, 0.3) is 0 Å². The Labute approximate surface area is 110 Å². The van der Waals surface area contributed by atoms with Gasteiger partial charge in [0.25, 0.3) is 0 Å². The molecule has 0 aliphatic carbocycles. The molecule has 0 N–H and O–H groups in total. The third kappa shape index (κ3) is 2.49. The van der Waals surface area contributed by atoms with Gasteiger partial charge in [0.1, 0.15) is 5.60 Å². The highest BCUT2D eigenvalue weighted by molar-refractivity contribution is 5.23. The molecule has 0 amide bonds. The van der Waals surface area contributed by atoms with E-state index in [9.17, 15) is 0 Å². The van der Waals surface area contributed by atoms with E-state index >= 15 is 0 Å². The molecule has 1 aliphatic heterocycles. The lowest BCUT2D eigenvalue weighted by molar-refractivity contribution is -0.107. The largest absolute Gasteiger partial charge is 0.354 e. The number of ether oxygens (including phenoxy) is 1. The fraction of sp³-hybridized carbons (Fsp3) is 0.412. The minimum absolute atomic E-state index is 0.0264. The van der Waals surface area contributed by atoms with E-state index in [4.69, 9.17) is 11.2 Å². The Balaban J connectivity index is 2.32. The van der Waals surface area contributed by atoms with Crippen LogP contribution in [0, 0.1) is 18.3 Å². The molecule has 0 saturated carbocycles. The van der Waals surface area contributed by atoms with Crippen molar-refractivity contribution in [3.63, 3.8) is 0 Å². The summed E-state index contributed by atoms with van der Waals surface area (Å²) in [5.74, 6) is 3.14. The summed E-state index contributed by atoms with van der Waals surface area (Å²) in [5.41, 5.74) is 1.90. The highest BCUT2D eigenvalue weighted by atomic mass is 16.5. The topological polar surface area (TPSA) is 9.23 Å². The van der Waals surface area contributed by atoms with Crippen molar-refractivity contribution >= 4 is 0 Å². The molecule has 1 fully saturated rings. The Hall–Kier alpha value is -1.52.